The Kier molecular flexibility index (Phi) is 276. The Labute approximate surface area is 120 Å². The molecule has 114 valence electrons. The van der Waals surface area contributed by atoms with Gasteiger partial charge in [-0.2, -0.15) is 0 Å². The fourth-order valence-corrected chi connectivity index (χ4v) is 0.236. The molecule has 0 aliphatic rings. The highest BCUT2D eigenvalue weighted by molar-refractivity contribution is 4.73. The molecule has 0 aliphatic carbocycles. The van der Waals surface area contributed by atoms with E-state index >= 15 is 0 Å². The van der Waals surface area contributed by atoms with Crippen molar-refractivity contribution in [3.63, 3.8) is 0 Å². The molecule has 0 saturated carbocycles. The van der Waals surface area contributed by atoms with Crippen molar-refractivity contribution in [1.82, 2.24) is 0 Å². The molecular weight excluding hydrogens is 216 g/mol. The van der Waals surface area contributed by atoms with E-state index in [0.29, 0.717) is 0 Å². The third-order valence-corrected chi connectivity index (χ3v) is 0.805. The van der Waals surface area contributed by atoms with Gasteiger partial charge in [0.15, 0.2) is 0 Å². The Balaban J connectivity index is -0.0000000253. The van der Waals surface area contributed by atoms with Gasteiger partial charge < -0.3 is 0 Å². The molecule has 0 amide bonds. The average molecular weight is 259 g/mol. The summed E-state index contributed by atoms with van der Waals surface area (Å²) in [7, 11) is 0. The first-order valence-electron chi connectivity index (χ1n) is 7.50. The highest BCUT2D eigenvalue weighted by atomic mass is 13.6. The molecule has 0 rings (SSSR count). The van der Waals surface area contributed by atoms with Crippen molar-refractivity contribution in [3.05, 3.63) is 37.0 Å². The molecular formula is C18H42. The van der Waals surface area contributed by atoms with Crippen molar-refractivity contribution in [2.75, 3.05) is 0 Å². The summed E-state index contributed by atoms with van der Waals surface area (Å²) < 4.78 is 0. The molecule has 0 nitrogen and oxygen atoms in total. The normalized spacial score (nSPS) is 6.61. The lowest BCUT2D eigenvalue weighted by Gasteiger charge is -1.65. The molecule has 18 heavy (non-hydrogen) atoms. The van der Waals surface area contributed by atoms with Gasteiger partial charge in [-0.3, -0.25) is 0 Å². The minimum Gasteiger partial charge on any atom is -0.103 e. The minimum absolute atomic E-state index is 1.16. The van der Waals surface area contributed by atoms with Crippen LogP contribution in [-0.4, -0.2) is 0 Å². The fraction of sp³-hybridized carbons (Fsp3) is 0.667. The van der Waals surface area contributed by atoms with E-state index in [4.69, 9.17) is 0 Å². The van der Waals surface area contributed by atoms with Gasteiger partial charge in [0.05, 0.1) is 0 Å². The lowest BCUT2D eigenvalue weighted by atomic mass is 10.4. The summed E-state index contributed by atoms with van der Waals surface area (Å²) in [6.45, 7) is 25.4. The van der Waals surface area contributed by atoms with Crippen LogP contribution in [0.25, 0.3) is 0 Å². The number of rotatable bonds is 1. The summed E-state index contributed by atoms with van der Waals surface area (Å²) in [4.78, 5) is 0. The predicted molar refractivity (Wildman–Crippen MR) is 95.5 cm³/mol. The zero-order valence-corrected chi connectivity index (χ0v) is 15.3. The monoisotopic (exact) mass is 258 g/mol. The highest BCUT2D eigenvalue weighted by Gasteiger charge is 1.52. The second-order valence-corrected chi connectivity index (χ2v) is 2.05. The summed E-state index contributed by atoms with van der Waals surface area (Å²) in [5, 5.41) is 0. The van der Waals surface area contributed by atoms with Gasteiger partial charge in [0.1, 0.15) is 0 Å². The van der Waals surface area contributed by atoms with Crippen LogP contribution in [0, 0.1) is 0 Å². The van der Waals surface area contributed by atoms with Crippen LogP contribution in [-0.2, 0) is 0 Å². The molecule has 0 radical (unpaired) electrons. The Hall–Kier alpha value is -0.780. The zero-order chi connectivity index (χ0) is 16.2. The van der Waals surface area contributed by atoms with Gasteiger partial charge in [0.2, 0.25) is 0 Å². The van der Waals surface area contributed by atoms with E-state index < -0.39 is 0 Å². The average Bonchev–Trinajstić information content (AvgIpc) is 2.47. The fourth-order valence-electron chi connectivity index (χ4n) is 0.236. The highest BCUT2D eigenvalue weighted by Crippen LogP contribution is 1.73. The second kappa shape index (κ2) is 138. The minimum atomic E-state index is 1.16. The Morgan fingerprint density at radius 2 is 0.889 bits per heavy atom. The maximum absolute atomic E-state index is 3.36. The SMILES string of the molecule is C/C=C\C.C/C=C\CC.C=CC.CC.CC.CC. The summed E-state index contributed by atoms with van der Waals surface area (Å²) in [5.74, 6) is 0. The van der Waals surface area contributed by atoms with Gasteiger partial charge in [0, 0.05) is 0 Å². The van der Waals surface area contributed by atoms with Gasteiger partial charge in [-0.05, 0) is 34.1 Å². The smallest absolute Gasteiger partial charge is 0.0379 e. The first-order valence-corrected chi connectivity index (χ1v) is 7.50. The van der Waals surface area contributed by atoms with E-state index in [1.807, 2.05) is 81.4 Å². The van der Waals surface area contributed by atoms with Crippen LogP contribution >= 0.6 is 0 Å². The maximum atomic E-state index is 3.36. The molecule has 0 aromatic carbocycles. The molecule has 0 unspecified atom stereocenters. The first-order chi connectivity index (χ1) is 8.74. The van der Waals surface area contributed by atoms with Crippen molar-refractivity contribution in [2.24, 2.45) is 0 Å². The lowest BCUT2D eigenvalue weighted by molar-refractivity contribution is 1.22. The molecule has 0 heterocycles. The van der Waals surface area contributed by atoms with Crippen LogP contribution in [0.1, 0.15) is 82.6 Å². The van der Waals surface area contributed by atoms with Crippen molar-refractivity contribution in [1.29, 1.82) is 0 Å². The molecule has 0 saturated heterocycles. The zero-order valence-electron chi connectivity index (χ0n) is 15.3. The van der Waals surface area contributed by atoms with Crippen LogP contribution in [0.3, 0.4) is 0 Å². The van der Waals surface area contributed by atoms with Crippen LogP contribution < -0.4 is 0 Å². The molecule has 0 fully saturated rings. The quantitative estimate of drug-likeness (QED) is 0.420. The second-order valence-electron chi connectivity index (χ2n) is 2.05. The van der Waals surface area contributed by atoms with Crippen LogP contribution in [0.15, 0.2) is 37.0 Å². The molecule has 0 atom stereocenters. The molecule has 0 bridgehead atoms. The summed E-state index contributed by atoms with van der Waals surface area (Å²) >= 11 is 0. The van der Waals surface area contributed by atoms with Crippen molar-refractivity contribution < 1.29 is 0 Å². The Bertz CT molecular complexity index is 92.6. The van der Waals surface area contributed by atoms with Crippen LogP contribution in [0.5, 0.6) is 0 Å². The van der Waals surface area contributed by atoms with Gasteiger partial charge in [-0.15, -0.1) is 6.58 Å². The van der Waals surface area contributed by atoms with E-state index in [1.54, 1.807) is 6.08 Å². The van der Waals surface area contributed by atoms with Gasteiger partial charge in [-0.25, -0.2) is 0 Å². The summed E-state index contributed by atoms with van der Waals surface area (Å²) in [6.07, 6.45) is 11.1. The van der Waals surface area contributed by atoms with E-state index in [-0.39, 0.29) is 0 Å². The van der Waals surface area contributed by atoms with E-state index in [9.17, 15) is 0 Å². The van der Waals surface area contributed by atoms with Gasteiger partial charge >= 0.3 is 0 Å². The van der Waals surface area contributed by atoms with Gasteiger partial charge in [0.25, 0.3) is 0 Å². The third kappa shape index (κ3) is 624. The lowest BCUT2D eigenvalue weighted by Crippen LogP contribution is -1.43. The Morgan fingerprint density at radius 1 is 0.667 bits per heavy atom. The first kappa shape index (κ1) is 36.0. The van der Waals surface area contributed by atoms with E-state index in [2.05, 4.69) is 25.7 Å². The van der Waals surface area contributed by atoms with Crippen molar-refractivity contribution in [2.45, 2.75) is 82.6 Å². The topological polar surface area (TPSA) is 0 Å². The van der Waals surface area contributed by atoms with E-state index in [0.717, 1.165) is 6.42 Å². The molecule has 0 spiro atoms. The van der Waals surface area contributed by atoms with Crippen LogP contribution in [0.2, 0.25) is 0 Å². The number of hydrogen-bond acceptors (Lipinski definition) is 0. The molecule has 0 aromatic heterocycles. The number of allylic oxidation sites excluding steroid dienone is 5. The van der Waals surface area contributed by atoms with Crippen molar-refractivity contribution in [3.8, 4) is 0 Å². The molecule has 0 N–H and O–H groups in total. The molecule has 0 aromatic rings. The number of hydrogen-bond donors (Lipinski definition) is 0. The predicted octanol–water partition coefficient (Wildman–Crippen LogP) is 7.83. The summed E-state index contributed by atoms with van der Waals surface area (Å²) in [6, 6.07) is 0. The Morgan fingerprint density at radius 3 is 0.889 bits per heavy atom. The largest absolute Gasteiger partial charge is 0.103 e. The van der Waals surface area contributed by atoms with E-state index in [1.165, 1.54) is 0 Å². The maximum Gasteiger partial charge on any atom is -0.0379 e. The van der Waals surface area contributed by atoms with Crippen LogP contribution in [0.4, 0.5) is 0 Å². The van der Waals surface area contributed by atoms with Crippen molar-refractivity contribution >= 4 is 0 Å². The molecule has 0 heteroatoms. The molecule has 0 aliphatic heterocycles. The standard InChI is InChI=1S/C5H10.C4H8.C3H6.3C2H6/c1-3-5-4-2;1-3-4-2;1-3-2;3*1-2/h3,5H,4H2,1-2H3;3-4H,1-2H3;3H,1H2,2H3;3*1-2H3/b5-3-;4-3-;;;;. The summed E-state index contributed by atoms with van der Waals surface area (Å²) in [5.41, 5.74) is 0. The van der Waals surface area contributed by atoms with Gasteiger partial charge in [-0.1, -0.05) is 78.8 Å². The third-order valence-electron chi connectivity index (χ3n) is 0.805.